The number of hydrogen-bond acceptors (Lipinski definition) is 5. The number of carbonyl (C=O) groups excluding carboxylic acids is 2. The third-order valence-electron chi connectivity index (χ3n) is 2.77. The number of amides is 1. The van der Waals surface area contributed by atoms with Gasteiger partial charge in [0.2, 0.25) is 0 Å². The normalized spacial score (nSPS) is 10.2. The van der Waals surface area contributed by atoms with E-state index in [4.69, 9.17) is 4.74 Å². The molecule has 0 aliphatic heterocycles. The first kappa shape index (κ1) is 16.7. The van der Waals surface area contributed by atoms with E-state index in [1.54, 1.807) is 6.07 Å². The first-order chi connectivity index (χ1) is 10.9. The summed E-state index contributed by atoms with van der Waals surface area (Å²) in [5.41, 5.74) is -0.486. The lowest BCUT2D eigenvalue weighted by Gasteiger charge is -2.08. The third-order valence-corrected chi connectivity index (χ3v) is 3.43. The van der Waals surface area contributed by atoms with Gasteiger partial charge in [-0.1, -0.05) is 6.07 Å². The van der Waals surface area contributed by atoms with Crippen molar-refractivity contribution in [2.75, 3.05) is 11.9 Å². The average Bonchev–Trinajstić information content (AvgIpc) is 2.48. The molecule has 1 aromatic heterocycles. The summed E-state index contributed by atoms with van der Waals surface area (Å²) in [7, 11) is 0. The number of carbonyl (C=O) groups is 2. The lowest BCUT2D eigenvalue weighted by Crippen LogP contribution is -2.29. The van der Waals surface area contributed by atoms with Crippen molar-refractivity contribution < 1.29 is 14.3 Å². The zero-order valence-electron chi connectivity index (χ0n) is 11.9. The number of aromatic nitrogens is 2. The van der Waals surface area contributed by atoms with Gasteiger partial charge in [-0.2, -0.15) is 0 Å². The Morgan fingerprint density at radius 2 is 2.04 bits per heavy atom. The topological polar surface area (TPSA) is 121 Å². The molecule has 0 aliphatic carbocycles. The van der Waals surface area contributed by atoms with Gasteiger partial charge in [-0.25, -0.2) is 9.59 Å². The molecule has 1 aromatic carbocycles. The van der Waals surface area contributed by atoms with Crippen LogP contribution in [0.2, 0.25) is 0 Å². The predicted octanol–water partition coefficient (Wildman–Crippen LogP) is 0.930. The van der Waals surface area contributed by atoms with Gasteiger partial charge >= 0.3 is 11.7 Å². The Kier molecular flexibility index (Phi) is 5.12. The summed E-state index contributed by atoms with van der Waals surface area (Å²) in [6.45, 7) is 1.33. The van der Waals surface area contributed by atoms with Gasteiger partial charge in [0.15, 0.2) is 6.61 Å². The number of H-pyrrole nitrogens is 2. The van der Waals surface area contributed by atoms with Crippen LogP contribution >= 0.6 is 15.9 Å². The lowest BCUT2D eigenvalue weighted by atomic mass is 10.2. The molecule has 2 rings (SSSR count). The molecule has 0 fully saturated rings. The Hall–Kier alpha value is -2.68. The van der Waals surface area contributed by atoms with Gasteiger partial charge in [0, 0.05) is 10.7 Å². The largest absolute Gasteiger partial charge is 0.452 e. The number of rotatable bonds is 4. The number of anilines is 1. The van der Waals surface area contributed by atoms with Gasteiger partial charge in [-0.3, -0.25) is 14.6 Å². The van der Waals surface area contributed by atoms with Gasteiger partial charge < -0.3 is 15.0 Å². The minimum absolute atomic E-state index is 0.395. The Bertz CT molecular complexity index is 871. The highest BCUT2D eigenvalue weighted by Crippen LogP contribution is 2.23. The molecule has 120 valence electrons. The van der Waals surface area contributed by atoms with Crippen molar-refractivity contribution in [2.24, 2.45) is 0 Å². The zero-order chi connectivity index (χ0) is 17.0. The van der Waals surface area contributed by atoms with Crippen molar-refractivity contribution in [3.8, 4) is 0 Å². The summed E-state index contributed by atoms with van der Waals surface area (Å²) >= 11 is 3.31. The highest BCUT2D eigenvalue weighted by Gasteiger charge is 2.15. The summed E-state index contributed by atoms with van der Waals surface area (Å²) in [6, 6.07) is 5.33. The molecule has 0 atom stereocenters. The van der Waals surface area contributed by atoms with Crippen molar-refractivity contribution in [1.29, 1.82) is 0 Å². The van der Waals surface area contributed by atoms with Gasteiger partial charge in [0.25, 0.3) is 11.5 Å². The number of halogens is 1. The van der Waals surface area contributed by atoms with Crippen molar-refractivity contribution in [2.45, 2.75) is 6.92 Å². The lowest BCUT2D eigenvalue weighted by molar-refractivity contribution is -0.119. The summed E-state index contributed by atoms with van der Waals surface area (Å²) in [4.78, 5) is 49.8. The zero-order valence-corrected chi connectivity index (χ0v) is 13.5. The monoisotopic (exact) mass is 381 g/mol. The minimum atomic E-state index is -1.01. The summed E-state index contributed by atoms with van der Waals surface area (Å²) in [6.07, 6.45) is 0.929. The van der Waals surface area contributed by atoms with E-state index in [9.17, 15) is 19.2 Å². The molecule has 23 heavy (non-hydrogen) atoms. The van der Waals surface area contributed by atoms with E-state index in [2.05, 4.69) is 26.2 Å². The molecule has 8 nitrogen and oxygen atoms in total. The maximum absolute atomic E-state index is 11.8. The van der Waals surface area contributed by atoms with E-state index in [-0.39, 0.29) is 0 Å². The molecular formula is C14H12BrN3O5. The average molecular weight is 382 g/mol. The molecule has 3 N–H and O–H groups in total. The highest BCUT2D eigenvalue weighted by molar-refractivity contribution is 9.10. The Morgan fingerprint density at radius 3 is 2.70 bits per heavy atom. The summed E-state index contributed by atoms with van der Waals surface area (Å²) in [5.74, 6) is -1.58. The van der Waals surface area contributed by atoms with Gasteiger partial charge in [-0.05, 0) is 40.5 Å². The molecule has 0 saturated carbocycles. The number of nitrogens with one attached hydrogen (secondary N) is 3. The molecule has 0 spiro atoms. The number of benzene rings is 1. The predicted molar refractivity (Wildman–Crippen MR) is 85.5 cm³/mol. The maximum atomic E-state index is 11.8. The second-order valence-electron chi connectivity index (χ2n) is 4.59. The number of aryl methyl sites for hydroxylation is 1. The van der Waals surface area contributed by atoms with Crippen LogP contribution in [0.1, 0.15) is 15.9 Å². The fourth-order valence-electron chi connectivity index (χ4n) is 1.68. The van der Waals surface area contributed by atoms with Crippen LogP contribution in [-0.4, -0.2) is 28.5 Å². The van der Waals surface area contributed by atoms with Crippen LogP contribution in [0.15, 0.2) is 38.5 Å². The van der Waals surface area contributed by atoms with E-state index < -0.39 is 35.3 Å². The Morgan fingerprint density at radius 1 is 1.30 bits per heavy atom. The fraction of sp³-hybridized carbons (Fsp3) is 0.143. The van der Waals surface area contributed by atoms with Crippen molar-refractivity contribution in [1.82, 2.24) is 9.97 Å². The van der Waals surface area contributed by atoms with Crippen molar-refractivity contribution >= 4 is 33.5 Å². The van der Waals surface area contributed by atoms with Crippen LogP contribution in [0.3, 0.4) is 0 Å². The Balaban J connectivity index is 1.97. The minimum Gasteiger partial charge on any atom is -0.452 e. The van der Waals surface area contributed by atoms with E-state index in [1.807, 2.05) is 24.0 Å². The molecule has 0 aliphatic rings. The van der Waals surface area contributed by atoms with E-state index >= 15 is 0 Å². The molecule has 1 heterocycles. The highest BCUT2D eigenvalue weighted by atomic mass is 79.9. The van der Waals surface area contributed by atoms with Crippen molar-refractivity contribution in [3.63, 3.8) is 0 Å². The molecular weight excluding hydrogens is 370 g/mol. The number of ether oxygens (including phenoxy) is 1. The molecule has 9 heteroatoms. The Labute approximate surface area is 138 Å². The molecule has 2 aromatic rings. The van der Waals surface area contributed by atoms with E-state index in [0.29, 0.717) is 10.2 Å². The number of hydrogen-bond donors (Lipinski definition) is 3. The fourth-order valence-corrected chi connectivity index (χ4v) is 2.27. The number of aromatic amines is 2. The van der Waals surface area contributed by atoms with E-state index in [0.717, 1.165) is 11.8 Å². The van der Waals surface area contributed by atoms with Crippen LogP contribution in [0, 0.1) is 6.92 Å². The van der Waals surface area contributed by atoms with Gasteiger partial charge in [0.1, 0.15) is 5.56 Å². The summed E-state index contributed by atoms with van der Waals surface area (Å²) < 4.78 is 5.43. The van der Waals surface area contributed by atoms with Gasteiger partial charge in [0.05, 0.1) is 5.69 Å². The van der Waals surface area contributed by atoms with Crippen LogP contribution < -0.4 is 16.6 Å². The molecule has 0 saturated heterocycles. The van der Waals surface area contributed by atoms with E-state index in [1.165, 1.54) is 0 Å². The smallest absolute Gasteiger partial charge is 0.345 e. The maximum Gasteiger partial charge on any atom is 0.345 e. The quantitative estimate of drug-likeness (QED) is 0.680. The third kappa shape index (κ3) is 4.39. The van der Waals surface area contributed by atoms with Crippen LogP contribution in [0.25, 0.3) is 0 Å². The first-order valence-corrected chi connectivity index (χ1v) is 7.21. The van der Waals surface area contributed by atoms with Crippen LogP contribution in [0.4, 0.5) is 5.69 Å². The standard InChI is InChI=1S/C14H12BrN3O5/c1-7-2-3-10(9(15)4-7)17-11(19)6-23-13(21)8-5-16-14(22)18-12(8)20/h2-5H,6H2,1H3,(H,17,19)(H2,16,18,20,22). The number of esters is 1. The molecule has 0 bridgehead atoms. The summed E-state index contributed by atoms with van der Waals surface area (Å²) in [5, 5.41) is 2.56. The van der Waals surface area contributed by atoms with Crippen molar-refractivity contribution in [3.05, 3.63) is 60.8 Å². The second kappa shape index (κ2) is 7.05. The molecule has 0 unspecified atom stereocenters. The molecule has 1 amide bonds. The molecule has 0 radical (unpaired) electrons. The SMILES string of the molecule is Cc1ccc(NC(=O)COC(=O)c2c[nH]c(=O)[nH]c2=O)c(Br)c1. The van der Waals surface area contributed by atoms with Crippen LogP contribution in [0.5, 0.6) is 0 Å². The first-order valence-electron chi connectivity index (χ1n) is 6.42. The second-order valence-corrected chi connectivity index (χ2v) is 5.45. The van der Waals surface area contributed by atoms with Gasteiger partial charge in [-0.15, -0.1) is 0 Å². The van der Waals surface area contributed by atoms with Crippen LogP contribution in [-0.2, 0) is 9.53 Å².